The molecule has 1 aliphatic carbocycles. The lowest BCUT2D eigenvalue weighted by Gasteiger charge is -2.02. The van der Waals surface area contributed by atoms with E-state index in [0.29, 0.717) is 23.5 Å². The Hall–Kier alpha value is -1.37. The van der Waals surface area contributed by atoms with Crippen LogP contribution in [0.3, 0.4) is 0 Å². The topological polar surface area (TPSA) is 72.7 Å². The number of hydrogen-bond donors (Lipinski definition) is 1. The Morgan fingerprint density at radius 1 is 1.69 bits per heavy atom. The van der Waals surface area contributed by atoms with Gasteiger partial charge in [-0.2, -0.15) is 0 Å². The second-order valence-corrected chi connectivity index (χ2v) is 4.51. The summed E-state index contributed by atoms with van der Waals surface area (Å²) in [7, 11) is 0. The second-order valence-electron chi connectivity index (χ2n) is 3.56. The summed E-state index contributed by atoms with van der Waals surface area (Å²) in [5.74, 6) is 0.397. The second kappa shape index (κ2) is 5.11. The lowest BCUT2D eigenvalue weighted by atomic mass is 10.6. The van der Waals surface area contributed by atoms with Crippen molar-refractivity contribution >= 4 is 17.7 Å². The first-order chi connectivity index (χ1) is 7.79. The van der Waals surface area contributed by atoms with E-state index in [-0.39, 0.29) is 5.91 Å². The molecule has 1 aromatic rings. The van der Waals surface area contributed by atoms with Gasteiger partial charge in [-0.3, -0.25) is 4.79 Å². The highest BCUT2D eigenvalue weighted by molar-refractivity contribution is 7.99. The molecule has 0 radical (unpaired) electrons. The summed E-state index contributed by atoms with van der Waals surface area (Å²) < 4.78 is 1.61. The maximum absolute atomic E-state index is 11.4. The number of carbonyl (C=O) groups excluding carboxylic acids is 1. The minimum absolute atomic E-state index is 0.0423. The summed E-state index contributed by atoms with van der Waals surface area (Å²) in [6.07, 6.45) is 3.92. The van der Waals surface area contributed by atoms with Crippen molar-refractivity contribution in [2.75, 3.05) is 5.75 Å². The lowest BCUT2D eigenvalue weighted by molar-refractivity contribution is -0.118. The monoisotopic (exact) mass is 239 g/mol. The largest absolute Gasteiger partial charge is 0.353 e. The maximum atomic E-state index is 11.4. The fraction of sp³-hybridized carbons (Fsp3) is 0.556. The number of amides is 1. The third-order valence-electron chi connectivity index (χ3n) is 2.08. The zero-order valence-electron chi connectivity index (χ0n) is 8.80. The molecule has 0 aromatic carbocycles. The van der Waals surface area contributed by atoms with E-state index in [4.69, 9.17) is 0 Å². The lowest BCUT2D eigenvalue weighted by Crippen LogP contribution is -2.27. The number of allylic oxidation sites excluding steroid dienone is 1. The molecule has 1 heterocycles. The molecule has 0 saturated heterocycles. The van der Waals surface area contributed by atoms with Gasteiger partial charge in [-0.05, 0) is 23.3 Å². The molecule has 1 fully saturated rings. The van der Waals surface area contributed by atoms with Crippen molar-refractivity contribution in [1.29, 1.82) is 0 Å². The van der Waals surface area contributed by atoms with Crippen LogP contribution >= 0.6 is 11.8 Å². The maximum Gasteiger partial charge on any atom is 0.230 e. The quantitative estimate of drug-likeness (QED) is 0.568. The molecule has 6 nitrogen and oxygen atoms in total. The average molecular weight is 239 g/mol. The first-order valence-electron chi connectivity index (χ1n) is 5.09. The molecule has 2 rings (SSSR count). The molecule has 0 spiro atoms. The Bertz CT molecular complexity index is 387. The normalized spacial score (nSPS) is 14.8. The number of tetrazole rings is 1. The van der Waals surface area contributed by atoms with Crippen LogP contribution in [0.15, 0.2) is 17.8 Å². The van der Waals surface area contributed by atoms with Crippen LogP contribution < -0.4 is 5.32 Å². The number of nitrogens with zero attached hydrogens (tertiary/aromatic N) is 4. The SMILES string of the molecule is C=CCn1nnnc1SCC(=O)NC1CC1. The van der Waals surface area contributed by atoms with Gasteiger partial charge in [0.15, 0.2) is 0 Å². The molecule has 1 amide bonds. The number of aromatic nitrogens is 4. The van der Waals surface area contributed by atoms with E-state index < -0.39 is 0 Å². The minimum atomic E-state index is 0.0423. The van der Waals surface area contributed by atoms with Crippen molar-refractivity contribution < 1.29 is 4.79 Å². The van der Waals surface area contributed by atoms with Gasteiger partial charge in [0, 0.05) is 6.04 Å². The molecular formula is C9H13N5OS. The van der Waals surface area contributed by atoms with Crippen LogP contribution in [0.4, 0.5) is 0 Å². The smallest absolute Gasteiger partial charge is 0.230 e. The first-order valence-corrected chi connectivity index (χ1v) is 6.07. The van der Waals surface area contributed by atoms with Gasteiger partial charge < -0.3 is 5.32 Å². The van der Waals surface area contributed by atoms with Crippen molar-refractivity contribution in [1.82, 2.24) is 25.5 Å². The Morgan fingerprint density at radius 3 is 3.19 bits per heavy atom. The summed E-state index contributed by atoms with van der Waals surface area (Å²) in [5.41, 5.74) is 0. The molecule has 1 N–H and O–H groups in total. The number of hydrogen-bond acceptors (Lipinski definition) is 5. The van der Waals surface area contributed by atoms with Crippen molar-refractivity contribution in [3.63, 3.8) is 0 Å². The van der Waals surface area contributed by atoms with E-state index in [1.165, 1.54) is 11.8 Å². The molecule has 86 valence electrons. The zero-order valence-corrected chi connectivity index (χ0v) is 9.61. The Balaban J connectivity index is 1.80. The average Bonchev–Trinajstić information content (AvgIpc) is 2.95. The summed E-state index contributed by atoms with van der Waals surface area (Å²) in [4.78, 5) is 11.4. The Labute approximate surface area is 97.5 Å². The Morgan fingerprint density at radius 2 is 2.50 bits per heavy atom. The van der Waals surface area contributed by atoms with Crippen LogP contribution in [-0.2, 0) is 11.3 Å². The molecule has 0 aliphatic heterocycles. The molecule has 1 aliphatic rings. The van der Waals surface area contributed by atoms with Crippen LogP contribution in [-0.4, -0.2) is 37.9 Å². The van der Waals surface area contributed by atoms with E-state index >= 15 is 0 Å². The van der Waals surface area contributed by atoms with Gasteiger partial charge in [-0.15, -0.1) is 11.7 Å². The molecule has 0 bridgehead atoms. The highest BCUT2D eigenvalue weighted by atomic mass is 32.2. The third kappa shape index (κ3) is 3.06. The van der Waals surface area contributed by atoms with Crippen LogP contribution in [0, 0.1) is 0 Å². The Kier molecular flexibility index (Phi) is 3.55. The van der Waals surface area contributed by atoms with Crippen LogP contribution in [0.5, 0.6) is 0 Å². The van der Waals surface area contributed by atoms with Gasteiger partial charge in [0.05, 0.1) is 12.3 Å². The number of nitrogens with one attached hydrogen (secondary N) is 1. The van der Waals surface area contributed by atoms with E-state index in [1.54, 1.807) is 10.8 Å². The van der Waals surface area contributed by atoms with Gasteiger partial charge in [-0.1, -0.05) is 17.8 Å². The first kappa shape index (κ1) is 11.1. The molecule has 0 atom stereocenters. The molecule has 1 aromatic heterocycles. The highest BCUT2D eigenvalue weighted by Crippen LogP contribution is 2.19. The van der Waals surface area contributed by atoms with Gasteiger partial charge in [-0.25, -0.2) is 4.68 Å². The summed E-state index contributed by atoms with van der Waals surface area (Å²) in [6, 6.07) is 0.400. The van der Waals surface area contributed by atoms with E-state index in [0.717, 1.165) is 12.8 Å². The molecule has 1 saturated carbocycles. The van der Waals surface area contributed by atoms with Crippen LogP contribution in [0.25, 0.3) is 0 Å². The zero-order chi connectivity index (χ0) is 11.4. The number of thioether (sulfide) groups is 1. The number of carbonyl (C=O) groups is 1. The van der Waals surface area contributed by atoms with Crippen LogP contribution in [0.2, 0.25) is 0 Å². The van der Waals surface area contributed by atoms with Gasteiger partial charge >= 0.3 is 0 Å². The summed E-state index contributed by atoms with van der Waals surface area (Å²) in [5, 5.41) is 14.7. The van der Waals surface area contributed by atoms with Gasteiger partial charge in [0.25, 0.3) is 0 Å². The molecule has 7 heteroatoms. The van der Waals surface area contributed by atoms with Gasteiger partial charge in [0.1, 0.15) is 0 Å². The fourth-order valence-electron chi connectivity index (χ4n) is 1.16. The predicted molar refractivity (Wildman–Crippen MR) is 59.9 cm³/mol. The van der Waals surface area contributed by atoms with Crippen molar-refractivity contribution in [2.45, 2.75) is 30.6 Å². The van der Waals surface area contributed by atoms with Crippen molar-refractivity contribution in [3.8, 4) is 0 Å². The summed E-state index contributed by atoms with van der Waals surface area (Å²) in [6.45, 7) is 4.17. The van der Waals surface area contributed by atoms with Crippen LogP contribution in [0.1, 0.15) is 12.8 Å². The third-order valence-corrected chi connectivity index (χ3v) is 3.03. The standard InChI is InChI=1S/C9H13N5OS/c1-2-5-14-9(11-12-13-14)16-6-8(15)10-7-3-4-7/h2,7H,1,3-6H2,(H,10,15). The fourth-order valence-corrected chi connectivity index (χ4v) is 1.86. The molecular weight excluding hydrogens is 226 g/mol. The molecule has 16 heavy (non-hydrogen) atoms. The molecule has 0 unspecified atom stereocenters. The van der Waals surface area contributed by atoms with E-state index in [1.807, 2.05) is 0 Å². The van der Waals surface area contributed by atoms with E-state index in [9.17, 15) is 4.79 Å². The van der Waals surface area contributed by atoms with Crippen molar-refractivity contribution in [3.05, 3.63) is 12.7 Å². The highest BCUT2D eigenvalue weighted by Gasteiger charge is 2.23. The van der Waals surface area contributed by atoms with E-state index in [2.05, 4.69) is 27.4 Å². The van der Waals surface area contributed by atoms with Crippen molar-refractivity contribution in [2.24, 2.45) is 0 Å². The van der Waals surface area contributed by atoms with Gasteiger partial charge in [0.2, 0.25) is 11.1 Å². The number of rotatable bonds is 6. The predicted octanol–water partition coefficient (Wildman–Crippen LogP) is 0.230. The summed E-state index contributed by atoms with van der Waals surface area (Å²) >= 11 is 1.34. The minimum Gasteiger partial charge on any atom is -0.353 e.